The molecule has 0 aliphatic rings. The summed E-state index contributed by atoms with van der Waals surface area (Å²) in [4.78, 5) is 11.7. The number of carbonyl (C=O) groups excluding carboxylic acids is 1. The van der Waals surface area contributed by atoms with Crippen molar-refractivity contribution in [3.05, 3.63) is 34.4 Å². The van der Waals surface area contributed by atoms with E-state index in [1.807, 2.05) is 6.92 Å². The van der Waals surface area contributed by atoms with E-state index < -0.39 is 0 Å². The molecule has 0 fully saturated rings. The highest BCUT2D eigenvalue weighted by Gasteiger charge is 2.32. The van der Waals surface area contributed by atoms with Crippen molar-refractivity contribution in [2.24, 2.45) is 0 Å². The topological polar surface area (TPSA) is 38.3 Å². The van der Waals surface area contributed by atoms with E-state index in [0.717, 1.165) is 6.54 Å². The zero-order valence-electron chi connectivity index (χ0n) is 12.9. The first-order chi connectivity index (χ1) is 8.84. The van der Waals surface area contributed by atoms with Crippen molar-refractivity contribution in [2.75, 3.05) is 13.7 Å². The van der Waals surface area contributed by atoms with Gasteiger partial charge in [-0.25, -0.2) is 0 Å². The van der Waals surface area contributed by atoms with Gasteiger partial charge in [-0.05, 0) is 50.9 Å². The lowest BCUT2D eigenvalue weighted by atomic mass is 9.82. The Morgan fingerprint density at radius 1 is 1.26 bits per heavy atom. The molecule has 0 aliphatic carbocycles. The van der Waals surface area contributed by atoms with Crippen LogP contribution in [0.2, 0.25) is 0 Å². The molecule has 106 valence electrons. The Morgan fingerprint density at radius 3 is 2.21 bits per heavy atom. The van der Waals surface area contributed by atoms with Crippen LogP contribution in [0.3, 0.4) is 0 Å². The summed E-state index contributed by atoms with van der Waals surface area (Å²) in [6, 6.07) is 4.32. The van der Waals surface area contributed by atoms with Gasteiger partial charge in [0.2, 0.25) is 0 Å². The van der Waals surface area contributed by atoms with Crippen LogP contribution in [0.4, 0.5) is 0 Å². The number of benzene rings is 1. The Balaban J connectivity index is 3.29. The van der Waals surface area contributed by atoms with E-state index in [2.05, 4.69) is 45.1 Å². The maximum Gasteiger partial charge on any atom is 0.307 e. The molecule has 1 aromatic carbocycles. The third-order valence-corrected chi connectivity index (χ3v) is 3.52. The lowest BCUT2D eigenvalue weighted by molar-refractivity contribution is -0.142. The molecule has 1 aromatic rings. The van der Waals surface area contributed by atoms with Crippen molar-refractivity contribution in [1.82, 2.24) is 5.32 Å². The van der Waals surface area contributed by atoms with Gasteiger partial charge in [-0.15, -0.1) is 0 Å². The van der Waals surface area contributed by atoms with Crippen molar-refractivity contribution in [3.63, 3.8) is 0 Å². The van der Waals surface area contributed by atoms with E-state index in [9.17, 15) is 4.79 Å². The van der Waals surface area contributed by atoms with Gasteiger partial charge in [0.15, 0.2) is 0 Å². The van der Waals surface area contributed by atoms with Gasteiger partial charge in [0.1, 0.15) is 0 Å². The van der Waals surface area contributed by atoms with E-state index >= 15 is 0 Å². The second-order valence-electron chi connectivity index (χ2n) is 5.39. The Kier molecular flexibility index (Phi) is 5.12. The van der Waals surface area contributed by atoms with Crippen LogP contribution in [0, 0.1) is 20.8 Å². The molecule has 0 heterocycles. The van der Waals surface area contributed by atoms with Crippen LogP contribution >= 0.6 is 0 Å². The highest BCUT2D eigenvalue weighted by atomic mass is 16.5. The number of hydrogen-bond donors (Lipinski definition) is 1. The van der Waals surface area contributed by atoms with Crippen molar-refractivity contribution >= 4 is 5.97 Å². The average molecular weight is 263 g/mol. The molecule has 0 amide bonds. The van der Waals surface area contributed by atoms with Crippen molar-refractivity contribution in [2.45, 2.75) is 46.6 Å². The Bertz CT molecular complexity index is 445. The predicted octanol–water partition coefficient (Wildman–Crippen LogP) is 3.00. The molecule has 1 atom stereocenters. The first-order valence-electron chi connectivity index (χ1n) is 6.74. The lowest BCUT2D eigenvalue weighted by Gasteiger charge is -2.33. The third-order valence-electron chi connectivity index (χ3n) is 3.52. The number of aryl methyl sites for hydroxylation is 3. The van der Waals surface area contributed by atoms with Gasteiger partial charge in [0.25, 0.3) is 0 Å². The van der Waals surface area contributed by atoms with Gasteiger partial charge in [-0.3, -0.25) is 4.79 Å². The van der Waals surface area contributed by atoms with E-state index in [-0.39, 0.29) is 11.5 Å². The Morgan fingerprint density at radius 2 is 1.79 bits per heavy atom. The van der Waals surface area contributed by atoms with Gasteiger partial charge in [-0.2, -0.15) is 0 Å². The summed E-state index contributed by atoms with van der Waals surface area (Å²) in [6.07, 6.45) is 0.335. The largest absolute Gasteiger partial charge is 0.469 e. The third kappa shape index (κ3) is 3.57. The van der Waals surface area contributed by atoms with E-state index in [1.165, 1.54) is 29.4 Å². The van der Waals surface area contributed by atoms with Crippen molar-refractivity contribution < 1.29 is 9.53 Å². The summed E-state index contributed by atoms with van der Waals surface area (Å²) in [5.41, 5.74) is 4.49. The molecule has 0 spiro atoms. The summed E-state index contributed by atoms with van der Waals surface area (Å²) in [5.74, 6) is -0.192. The Labute approximate surface area is 116 Å². The van der Waals surface area contributed by atoms with Crippen molar-refractivity contribution in [1.29, 1.82) is 0 Å². The van der Waals surface area contributed by atoms with E-state index in [0.29, 0.717) is 6.42 Å². The van der Waals surface area contributed by atoms with Crippen LogP contribution < -0.4 is 5.32 Å². The van der Waals surface area contributed by atoms with Gasteiger partial charge in [0, 0.05) is 0 Å². The van der Waals surface area contributed by atoms with Crippen LogP contribution in [0.15, 0.2) is 12.1 Å². The average Bonchev–Trinajstić information content (AvgIpc) is 2.27. The van der Waals surface area contributed by atoms with Gasteiger partial charge in [0.05, 0.1) is 19.1 Å². The second-order valence-corrected chi connectivity index (χ2v) is 5.39. The molecule has 0 saturated carbocycles. The minimum absolute atomic E-state index is 0.192. The number of rotatable bonds is 5. The number of nitrogens with one attached hydrogen (secondary N) is 1. The number of carbonyl (C=O) groups is 1. The lowest BCUT2D eigenvalue weighted by Crippen LogP contribution is -2.42. The predicted molar refractivity (Wildman–Crippen MR) is 78.3 cm³/mol. The standard InChI is InChI=1S/C16H25NO2/c1-7-17-16(5,10-14(18)19-6)15-12(3)8-11(2)9-13(15)4/h8-9,17H,7,10H2,1-6H3. The molecule has 0 aliphatic heterocycles. The fourth-order valence-electron chi connectivity index (χ4n) is 3.04. The normalized spacial score (nSPS) is 14.0. The Hall–Kier alpha value is -1.35. The van der Waals surface area contributed by atoms with E-state index in [1.54, 1.807) is 0 Å². The molecule has 1 unspecified atom stereocenters. The maximum atomic E-state index is 11.7. The molecule has 3 nitrogen and oxygen atoms in total. The summed E-state index contributed by atoms with van der Waals surface area (Å²) in [5, 5.41) is 3.44. The molecule has 3 heteroatoms. The molecule has 0 saturated heterocycles. The quantitative estimate of drug-likeness (QED) is 0.830. The SMILES string of the molecule is CCNC(C)(CC(=O)OC)c1c(C)cc(C)cc1C. The molecule has 1 rings (SSSR count). The summed E-state index contributed by atoms with van der Waals surface area (Å²) < 4.78 is 4.84. The van der Waals surface area contributed by atoms with E-state index in [4.69, 9.17) is 4.74 Å². The summed E-state index contributed by atoms with van der Waals surface area (Å²) in [6.45, 7) is 11.2. The fraction of sp³-hybridized carbons (Fsp3) is 0.562. The van der Waals surface area contributed by atoms with Crippen LogP contribution in [-0.4, -0.2) is 19.6 Å². The van der Waals surface area contributed by atoms with Crippen LogP contribution in [0.5, 0.6) is 0 Å². The maximum absolute atomic E-state index is 11.7. The summed E-state index contributed by atoms with van der Waals surface area (Å²) in [7, 11) is 1.43. The monoisotopic (exact) mass is 263 g/mol. The fourth-order valence-corrected chi connectivity index (χ4v) is 3.04. The van der Waals surface area contributed by atoms with Gasteiger partial charge < -0.3 is 10.1 Å². The van der Waals surface area contributed by atoms with Crippen LogP contribution in [0.1, 0.15) is 42.5 Å². The molecule has 0 radical (unpaired) electrons. The zero-order chi connectivity index (χ0) is 14.6. The first kappa shape index (κ1) is 15.7. The zero-order valence-corrected chi connectivity index (χ0v) is 12.9. The minimum atomic E-state index is -0.385. The number of esters is 1. The van der Waals surface area contributed by atoms with Gasteiger partial charge >= 0.3 is 5.97 Å². The molecule has 0 aromatic heterocycles. The molecular weight excluding hydrogens is 238 g/mol. The summed E-state index contributed by atoms with van der Waals surface area (Å²) >= 11 is 0. The number of hydrogen-bond acceptors (Lipinski definition) is 3. The highest BCUT2D eigenvalue weighted by Crippen LogP contribution is 2.31. The molecule has 0 bridgehead atoms. The molecular formula is C16H25NO2. The molecule has 19 heavy (non-hydrogen) atoms. The first-order valence-corrected chi connectivity index (χ1v) is 6.74. The van der Waals surface area contributed by atoms with Crippen LogP contribution in [0.25, 0.3) is 0 Å². The van der Waals surface area contributed by atoms with Crippen LogP contribution in [-0.2, 0) is 15.1 Å². The number of methoxy groups -OCH3 is 1. The molecule has 1 N–H and O–H groups in total. The number of ether oxygens (including phenoxy) is 1. The second kappa shape index (κ2) is 6.20. The van der Waals surface area contributed by atoms with Gasteiger partial charge in [-0.1, -0.05) is 24.6 Å². The van der Waals surface area contributed by atoms with Crippen molar-refractivity contribution in [3.8, 4) is 0 Å². The smallest absolute Gasteiger partial charge is 0.307 e. The highest BCUT2D eigenvalue weighted by molar-refractivity contribution is 5.71. The minimum Gasteiger partial charge on any atom is -0.469 e.